The largest absolute Gasteiger partial charge is 0.566 e. The van der Waals surface area contributed by atoms with Crippen molar-refractivity contribution in [1.29, 1.82) is 0 Å². The molecule has 0 atom stereocenters. The summed E-state index contributed by atoms with van der Waals surface area (Å²) in [5, 5.41) is 9.61. The second kappa shape index (κ2) is 7.80. The maximum atomic E-state index is 10.2. The summed E-state index contributed by atoms with van der Waals surface area (Å²) in [7, 11) is 0. The van der Waals surface area contributed by atoms with Crippen LogP contribution >= 0.6 is 0 Å². The van der Waals surface area contributed by atoms with E-state index in [2.05, 4.69) is 9.68 Å². The van der Waals surface area contributed by atoms with E-state index in [0.29, 0.717) is 13.2 Å². The van der Waals surface area contributed by atoms with Crippen molar-refractivity contribution in [3.8, 4) is 0 Å². The maximum Gasteiger partial charge on any atom is 0.108 e. The van der Waals surface area contributed by atoms with Crippen LogP contribution in [0.25, 0.3) is 0 Å². The molecule has 0 aliphatic carbocycles. The van der Waals surface area contributed by atoms with Gasteiger partial charge < -0.3 is 10.7 Å². The minimum absolute atomic E-state index is 0. The Hall–Kier alpha value is -0.200. The molecule has 58 valence electrons. The average molecular weight is 139 g/mol. The third-order valence-electron chi connectivity index (χ3n) is 0.524. The van der Waals surface area contributed by atoms with Crippen molar-refractivity contribution in [2.24, 2.45) is 0 Å². The molecule has 0 rings (SSSR count). The summed E-state index contributed by atoms with van der Waals surface area (Å²) in [4.78, 5) is 8.84. The molecule has 0 radical (unpaired) electrons. The Morgan fingerprint density at radius 3 is 1.78 bits per heavy atom. The van der Waals surface area contributed by atoms with Crippen LogP contribution in [0.4, 0.5) is 0 Å². The molecule has 0 fully saturated rings. The van der Waals surface area contributed by atoms with Crippen molar-refractivity contribution in [1.82, 2.24) is 0 Å². The lowest BCUT2D eigenvalue weighted by molar-refractivity contribution is -1.21. The lowest BCUT2D eigenvalue weighted by Gasteiger charge is -2.14. The molecular weight excluding hydrogens is 126 g/mol. The van der Waals surface area contributed by atoms with Crippen LogP contribution in [0.3, 0.4) is 0 Å². The first kappa shape index (κ1) is 11.6. The molecule has 0 aromatic rings. The Morgan fingerprint density at radius 2 is 1.56 bits per heavy atom. The zero-order chi connectivity index (χ0) is 6.41. The first-order valence-electron chi connectivity index (χ1n) is 2.60. The highest BCUT2D eigenvalue weighted by Crippen LogP contribution is 1.57. The van der Waals surface area contributed by atoms with Crippen LogP contribution in [0.2, 0.25) is 0 Å². The second-order valence-corrected chi connectivity index (χ2v) is 1.12. The smallest absolute Gasteiger partial charge is 0.108 e. The van der Waals surface area contributed by atoms with E-state index in [-0.39, 0.29) is 5.48 Å². The van der Waals surface area contributed by atoms with Gasteiger partial charge in [0.15, 0.2) is 0 Å². The highest BCUT2D eigenvalue weighted by molar-refractivity contribution is 3.96. The Labute approximate surface area is 54.0 Å². The summed E-state index contributed by atoms with van der Waals surface area (Å²) in [5.41, 5.74) is 0. The van der Waals surface area contributed by atoms with Crippen LogP contribution in [0, 0.1) is 5.21 Å². The predicted octanol–water partition coefficient (Wildman–Crippen LogP) is -1.55. The SMILES string of the molecule is CCO[NH+]([O-])OCC.O. The van der Waals surface area contributed by atoms with Crippen LogP contribution in [-0.4, -0.2) is 18.7 Å². The number of hydrogen-bond donors (Lipinski definition) is 1. The van der Waals surface area contributed by atoms with Gasteiger partial charge in [-0.15, -0.1) is 0 Å². The van der Waals surface area contributed by atoms with Gasteiger partial charge in [-0.05, 0) is 13.8 Å². The van der Waals surface area contributed by atoms with Crippen molar-refractivity contribution in [2.45, 2.75) is 13.8 Å². The van der Waals surface area contributed by atoms with Gasteiger partial charge in [-0.25, -0.2) is 0 Å². The minimum atomic E-state index is -0.588. The van der Waals surface area contributed by atoms with Crippen LogP contribution in [0.1, 0.15) is 13.8 Å². The lowest BCUT2D eigenvalue weighted by atomic mass is 10.9. The van der Waals surface area contributed by atoms with Gasteiger partial charge >= 0.3 is 0 Å². The van der Waals surface area contributed by atoms with E-state index in [1.54, 1.807) is 13.8 Å². The number of hydrogen-bond acceptors (Lipinski definition) is 3. The molecule has 5 nitrogen and oxygen atoms in total. The molecule has 0 bridgehead atoms. The van der Waals surface area contributed by atoms with Crippen molar-refractivity contribution < 1.29 is 20.5 Å². The maximum absolute atomic E-state index is 10.2. The summed E-state index contributed by atoms with van der Waals surface area (Å²) in [5.74, 6) is 0. The minimum Gasteiger partial charge on any atom is -0.566 e. The topological polar surface area (TPSA) is 77.5 Å². The molecule has 9 heavy (non-hydrogen) atoms. The number of rotatable bonds is 4. The summed E-state index contributed by atoms with van der Waals surface area (Å²) < 4.78 is 0. The third-order valence-corrected chi connectivity index (χ3v) is 0.524. The molecule has 0 heterocycles. The van der Waals surface area contributed by atoms with Gasteiger partial charge in [-0.1, -0.05) is 5.39 Å². The van der Waals surface area contributed by atoms with Gasteiger partial charge in [0.05, 0.1) is 0 Å². The van der Waals surface area contributed by atoms with Gasteiger partial charge in [0.1, 0.15) is 13.2 Å². The van der Waals surface area contributed by atoms with Gasteiger partial charge in [-0.3, -0.25) is 0 Å². The molecule has 0 saturated heterocycles. The van der Waals surface area contributed by atoms with E-state index in [1.165, 1.54) is 0 Å². The Morgan fingerprint density at radius 1 is 1.22 bits per heavy atom. The van der Waals surface area contributed by atoms with Gasteiger partial charge in [0.25, 0.3) is 0 Å². The molecule has 0 aromatic carbocycles. The lowest BCUT2D eigenvalue weighted by Crippen LogP contribution is -3.05. The average Bonchev–Trinajstić information content (AvgIpc) is 1.68. The fourth-order valence-electron chi connectivity index (χ4n) is 0.277. The van der Waals surface area contributed by atoms with E-state index in [0.717, 1.165) is 0 Å². The van der Waals surface area contributed by atoms with Gasteiger partial charge in [0.2, 0.25) is 0 Å². The molecule has 0 aromatic heterocycles. The quantitative estimate of drug-likeness (QED) is 0.479. The molecule has 0 saturated carbocycles. The Balaban J connectivity index is 0. The predicted molar refractivity (Wildman–Crippen MR) is 31.2 cm³/mol. The van der Waals surface area contributed by atoms with Gasteiger partial charge in [0, 0.05) is 0 Å². The number of nitrogens with one attached hydrogen (secondary N) is 1. The summed E-state index contributed by atoms with van der Waals surface area (Å²) in [6.45, 7) is 4.21. The van der Waals surface area contributed by atoms with E-state index < -0.39 is 5.39 Å². The van der Waals surface area contributed by atoms with E-state index in [9.17, 15) is 5.21 Å². The zero-order valence-corrected chi connectivity index (χ0v) is 5.64. The van der Waals surface area contributed by atoms with Gasteiger partial charge in [-0.2, -0.15) is 9.68 Å². The molecule has 0 aliphatic heterocycles. The standard InChI is InChI=1S/C4H11NO3.H2O/c1-3-7-5(6)8-4-2;/h5H,3-4H2,1-2H3;1H2. The molecule has 5 heteroatoms. The van der Waals surface area contributed by atoms with Crippen LogP contribution in [0.15, 0.2) is 0 Å². The van der Waals surface area contributed by atoms with Crippen LogP contribution in [-0.2, 0) is 9.68 Å². The molecule has 0 aliphatic rings. The number of quaternary nitrogens is 1. The van der Waals surface area contributed by atoms with Crippen molar-refractivity contribution >= 4 is 0 Å². The highest BCUT2D eigenvalue weighted by Gasteiger charge is 1.90. The molecule has 0 amide bonds. The zero-order valence-electron chi connectivity index (χ0n) is 5.64. The fourth-order valence-corrected chi connectivity index (χ4v) is 0.277. The second-order valence-electron chi connectivity index (χ2n) is 1.12. The Kier molecular flexibility index (Phi) is 10.0. The van der Waals surface area contributed by atoms with Crippen LogP contribution in [0.5, 0.6) is 0 Å². The fraction of sp³-hybridized carbons (Fsp3) is 1.00. The summed E-state index contributed by atoms with van der Waals surface area (Å²) >= 11 is 0. The first-order chi connectivity index (χ1) is 3.81. The molecular formula is C4H13NO4. The van der Waals surface area contributed by atoms with Crippen molar-refractivity contribution in [2.75, 3.05) is 13.2 Å². The van der Waals surface area contributed by atoms with Crippen molar-refractivity contribution in [3.05, 3.63) is 5.21 Å². The monoisotopic (exact) mass is 139 g/mol. The molecule has 3 N–H and O–H groups in total. The molecule has 0 unspecified atom stereocenters. The normalized spacial score (nSPS) is 9.33. The highest BCUT2D eigenvalue weighted by atomic mass is 17.1. The first-order valence-corrected chi connectivity index (χ1v) is 2.60. The molecule has 0 spiro atoms. The third kappa shape index (κ3) is 7.80. The summed E-state index contributed by atoms with van der Waals surface area (Å²) in [6, 6.07) is 0. The van der Waals surface area contributed by atoms with E-state index in [4.69, 9.17) is 0 Å². The van der Waals surface area contributed by atoms with Crippen molar-refractivity contribution in [3.63, 3.8) is 0 Å². The van der Waals surface area contributed by atoms with Crippen LogP contribution < -0.4 is 5.39 Å². The summed E-state index contributed by atoms with van der Waals surface area (Å²) in [6.07, 6.45) is 0. The Bertz CT molecular complexity index is 45.8. The van der Waals surface area contributed by atoms with E-state index >= 15 is 0 Å². The van der Waals surface area contributed by atoms with E-state index in [1.807, 2.05) is 0 Å².